The summed E-state index contributed by atoms with van der Waals surface area (Å²) in [5.41, 5.74) is 0.499. The van der Waals surface area contributed by atoms with Crippen molar-refractivity contribution in [3.63, 3.8) is 0 Å². The highest BCUT2D eigenvalue weighted by atomic mass is 79.9. The molecule has 0 saturated heterocycles. The number of rotatable bonds is 5. The maximum Gasteiger partial charge on any atom is 0.123 e. The second kappa shape index (κ2) is 6.43. The van der Waals surface area contributed by atoms with E-state index in [1.807, 2.05) is 6.07 Å². The molecule has 0 unspecified atom stereocenters. The largest absolute Gasteiger partial charge is 0.395 e. The first kappa shape index (κ1) is 15.1. The molecule has 3 nitrogen and oxygen atoms in total. The Hall–Kier alpha value is -1.30. The molecule has 106 valence electrons. The molecule has 0 bridgehead atoms. The molecule has 0 amide bonds. The number of hydrogen-bond acceptors (Lipinski definition) is 3. The molecular weight excluding hydrogens is 325 g/mol. The molecular formula is C15H15BrFNO2. The van der Waals surface area contributed by atoms with Crippen LogP contribution in [0, 0.1) is 5.82 Å². The lowest BCUT2D eigenvalue weighted by molar-refractivity contribution is 0.116. The normalized spacial score (nSPS) is 11.6. The summed E-state index contributed by atoms with van der Waals surface area (Å²) in [6.07, 6.45) is 3.70. The molecule has 0 atom stereocenters. The highest BCUT2D eigenvalue weighted by molar-refractivity contribution is 9.10. The zero-order chi connectivity index (χ0) is 14.6. The lowest BCUT2D eigenvalue weighted by atomic mass is 9.77. The number of benzene rings is 1. The highest BCUT2D eigenvalue weighted by Crippen LogP contribution is 2.29. The van der Waals surface area contributed by atoms with Gasteiger partial charge in [0.1, 0.15) is 5.82 Å². The third-order valence-corrected chi connectivity index (χ3v) is 3.78. The first-order valence-corrected chi connectivity index (χ1v) is 6.96. The standard InChI is InChI=1S/C15H15BrFNO2/c16-13-4-11(7-18-8-13)6-15(9-19,10-20)12-2-1-3-14(17)5-12/h1-5,7-8,19-20H,6,9-10H2. The molecule has 0 aliphatic carbocycles. The summed E-state index contributed by atoms with van der Waals surface area (Å²) in [5.74, 6) is -0.388. The quantitative estimate of drug-likeness (QED) is 0.879. The Balaban J connectivity index is 2.39. The van der Waals surface area contributed by atoms with Gasteiger partial charge >= 0.3 is 0 Å². The molecule has 1 aromatic carbocycles. The smallest absolute Gasteiger partial charge is 0.123 e. The number of hydrogen-bond donors (Lipinski definition) is 2. The van der Waals surface area contributed by atoms with Crippen LogP contribution in [-0.2, 0) is 11.8 Å². The van der Waals surface area contributed by atoms with Crippen LogP contribution in [-0.4, -0.2) is 28.4 Å². The van der Waals surface area contributed by atoms with Crippen molar-refractivity contribution in [2.45, 2.75) is 11.8 Å². The Morgan fingerprint density at radius 1 is 1.15 bits per heavy atom. The predicted octanol–water partition coefficient (Wildman–Crippen LogP) is 2.45. The third-order valence-electron chi connectivity index (χ3n) is 3.35. The summed E-state index contributed by atoms with van der Waals surface area (Å²) in [5, 5.41) is 19.5. The summed E-state index contributed by atoms with van der Waals surface area (Å²) in [6, 6.07) is 7.83. The van der Waals surface area contributed by atoms with E-state index in [2.05, 4.69) is 20.9 Å². The van der Waals surface area contributed by atoms with E-state index in [1.54, 1.807) is 24.5 Å². The zero-order valence-electron chi connectivity index (χ0n) is 10.8. The molecule has 0 radical (unpaired) electrons. The molecule has 20 heavy (non-hydrogen) atoms. The van der Waals surface area contributed by atoms with Crippen molar-refractivity contribution in [2.75, 3.05) is 13.2 Å². The SMILES string of the molecule is OCC(CO)(Cc1cncc(Br)c1)c1cccc(F)c1. The van der Waals surface area contributed by atoms with Crippen LogP contribution < -0.4 is 0 Å². The van der Waals surface area contributed by atoms with Gasteiger partial charge in [-0.15, -0.1) is 0 Å². The number of aromatic nitrogens is 1. The second-order valence-electron chi connectivity index (χ2n) is 4.80. The Bertz CT molecular complexity index is 588. The highest BCUT2D eigenvalue weighted by Gasteiger charge is 2.32. The van der Waals surface area contributed by atoms with Gasteiger partial charge in [-0.05, 0) is 51.7 Å². The summed E-state index contributed by atoms with van der Waals surface area (Å²) in [6.45, 7) is -0.557. The van der Waals surface area contributed by atoms with Crippen LogP contribution >= 0.6 is 15.9 Å². The van der Waals surface area contributed by atoms with Gasteiger partial charge in [-0.1, -0.05) is 12.1 Å². The van der Waals surface area contributed by atoms with Crippen molar-refractivity contribution in [1.82, 2.24) is 4.98 Å². The molecule has 1 heterocycles. The fourth-order valence-electron chi connectivity index (χ4n) is 2.21. The van der Waals surface area contributed by atoms with Gasteiger partial charge < -0.3 is 10.2 Å². The van der Waals surface area contributed by atoms with Gasteiger partial charge in [-0.3, -0.25) is 4.98 Å². The minimum atomic E-state index is -0.926. The number of nitrogens with zero attached hydrogens (tertiary/aromatic N) is 1. The topological polar surface area (TPSA) is 53.4 Å². The third kappa shape index (κ3) is 3.23. The monoisotopic (exact) mass is 339 g/mol. The molecule has 5 heteroatoms. The van der Waals surface area contributed by atoms with Crippen LogP contribution in [0.15, 0.2) is 47.2 Å². The van der Waals surface area contributed by atoms with Crippen molar-refractivity contribution >= 4 is 15.9 Å². The number of halogens is 2. The van der Waals surface area contributed by atoms with E-state index < -0.39 is 5.41 Å². The molecule has 2 rings (SSSR count). The Labute approximate surface area is 125 Å². The average Bonchev–Trinajstić information content (AvgIpc) is 2.45. The van der Waals surface area contributed by atoms with E-state index in [-0.39, 0.29) is 19.0 Å². The molecule has 0 saturated carbocycles. The maximum atomic E-state index is 13.4. The number of pyridine rings is 1. The summed E-state index contributed by atoms with van der Waals surface area (Å²) >= 11 is 3.33. The fourth-order valence-corrected chi connectivity index (χ4v) is 2.62. The van der Waals surface area contributed by atoms with Crippen molar-refractivity contribution in [3.8, 4) is 0 Å². The van der Waals surface area contributed by atoms with Crippen molar-refractivity contribution in [1.29, 1.82) is 0 Å². The molecule has 0 spiro atoms. The van der Waals surface area contributed by atoms with Crippen LogP contribution in [0.5, 0.6) is 0 Å². The van der Waals surface area contributed by atoms with Gasteiger partial charge in [0.05, 0.1) is 13.2 Å². The fraction of sp³-hybridized carbons (Fsp3) is 0.267. The molecule has 1 aromatic heterocycles. The van der Waals surface area contributed by atoms with Crippen LogP contribution in [0.3, 0.4) is 0 Å². The van der Waals surface area contributed by atoms with Gasteiger partial charge in [0.25, 0.3) is 0 Å². The maximum absolute atomic E-state index is 13.4. The van der Waals surface area contributed by atoms with E-state index in [9.17, 15) is 14.6 Å². The molecule has 0 fully saturated rings. The van der Waals surface area contributed by atoms with E-state index in [0.717, 1.165) is 10.0 Å². The minimum absolute atomic E-state index is 0.278. The summed E-state index contributed by atoms with van der Waals surface area (Å²) in [7, 11) is 0. The van der Waals surface area contributed by atoms with Crippen molar-refractivity contribution < 1.29 is 14.6 Å². The first-order valence-electron chi connectivity index (χ1n) is 6.17. The van der Waals surface area contributed by atoms with Gasteiger partial charge in [0.2, 0.25) is 0 Å². The second-order valence-corrected chi connectivity index (χ2v) is 5.71. The molecule has 2 N–H and O–H groups in total. The first-order chi connectivity index (χ1) is 9.59. The van der Waals surface area contributed by atoms with Gasteiger partial charge in [-0.25, -0.2) is 4.39 Å². The van der Waals surface area contributed by atoms with Gasteiger partial charge in [0.15, 0.2) is 0 Å². The Morgan fingerprint density at radius 3 is 2.50 bits per heavy atom. The van der Waals surface area contributed by atoms with Gasteiger partial charge in [-0.2, -0.15) is 0 Å². The molecule has 2 aromatic rings. The van der Waals surface area contributed by atoms with Gasteiger partial charge in [0, 0.05) is 22.3 Å². The molecule has 0 aliphatic heterocycles. The van der Waals surface area contributed by atoms with Crippen LogP contribution in [0.2, 0.25) is 0 Å². The Morgan fingerprint density at radius 2 is 1.90 bits per heavy atom. The van der Waals surface area contributed by atoms with Crippen molar-refractivity contribution in [2.24, 2.45) is 0 Å². The minimum Gasteiger partial charge on any atom is -0.395 e. The summed E-state index contributed by atoms with van der Waals surface area (Å²) < 4.78 is 14.2. The van der Waals surface area contributed by atoms with Crippen molar-refractivity contribution in [3.05, 3.63) is 64.1 Å². The van der Waals surface area contributed by atoms with E-state index in [4.69, 9.17) is 0 Å². The summed E-state index contributed by atoms with van der Waals surface area (Å²) in [4.78, 5) is 4.06. The van der Waals surface area contributed by atoms with E-state index >= 15 is 0 Å². The Kier molecular flexibility index (Phi) is 4.86. The number of aliphatic hydroxyl groups excluding tert-OH is 2. The van der Waals surface area contributed by atoms with Crippen LogP contribution in [0.25, 0.3) is 0 Å². The van der Waals surface area contributed by atoms with Crippen LogP contribution in [0.4, 0.5) is 4.39 Å². The lowest BCUT2D eigenvalue weighted by Crippen LogP contribution is -2.37. The predicted molar refractivity (Wildman–Crippen MR) is 77.9 cm³/mol. The average molecular weight is 340 g/mol. The van der Waals surface area contributed by atoms with E-state index in [0.29, 0.717) is 12.0 Å². The molecule has 0 aliphatic rings. The van der Waals surface area contributed by atoms with E-state index in [1.165, 1.54) is 12.1 Å². The number of aliphatic hydroxyl groups is 2. The zero-order valence-corrected chi connectivity index (χ0v) is 12.3. The van der Waals surface area contributed by atoms with Crippen LogP contribution in [0.1, 0.15) is 11.1 Å². The lowest BCUT2D eigenvalue weighted by Gasteiger charge is -2.30.